The van der Waals surface area contributed by atoms with Gasteiger partial charge in [-0.25, -0.2) is 14.2 Å². The fraction of sp³-hybridized carbons (Fsp3) is 0.438. The minimum Gasteiger partial charge on any atom is -0.337 e. The predicted molar refractivity (Wildman–Crippen MR) is 163 cm³/mol. The number of carbonyl (C=O) groups excluding carboxylic acids is 2. The number of nitriles is 2. The number of imidazole rings is 1. The van der Waals surface area contributed by atoms with Crippen LogP contribution in [0.1, 0.15) is 46.9 Å². The van der Waals surface area contributed by atoms with Gasteiger partial charge in [0.1, 0.15) is 5.82 Å². The third-order valence-corrected chi connectivity index (χ3v) is 8.60. The predicted octanol–water partition coefficient (Wildman–Crippen LogP) is 3.08. The van der Waals surface area contributed by atoms with Crippen LogP contribution in [0.25, 0.3) is 5.69 Å². The molecule has 1 unspecified atom stereocenters. The number of aryl methyl sites for hydroxylation is 1. The zero-order valence-electron chi connectivity index (χ0n) is 25.5. The van der Waals surface area contributed by atoms with Crippen LogP contribution >= 0.6 is 0 Å². The van der Waals surface area contributed by atoms with Gasteiger partial charge in [0.05, 0.1) is 29.8 Å². The van der Waals surface area contributed by atoms with Crippen molar-refractivity contribution < 1.29 is 14.0 Å². The van der Waals surface area contributed by atoms with Gasteiger partial charge in [0.2, 0.25) is 0 Å². The van der Waals surface area contributed by atoms with Crippen molar-refractivity contribution in [2.24, 2.45) is 0 Å². The lowest BCUT2D eigenvalue weighted by molar-refractivity contribution is 0.0738. The summed E-state index contributed by atoms with van der Waals surface area (Å²) >= 11 is 0. The number of benzene rings is 1. The van der Waals surface area contributed by atoms with Crippen LogP contribution in [0.3, 0.4) is 0 Å². The van der Waals surface area contributed by atoms with E-state index in [2.05, 4.69) is 27.7 Å². The molecule has 0 aliphatic carbocycles. The number of nitrogens with zero attached hydrogens (tertiary/aromatic N) is 9. The van der Waals surface area contributed by atoms with Gasteiger partial charge in [-0.05, 0) is 56.5 Å². The van der Waals surface area contributed by atoms with Crippen molar-refractivity contribution in [3.05, 3.63) is 77.9 Å². The first kappa shape index (κ1) is 31.3. The Morgan fingerprint density at radius 1 is 1.00 bits per heavy atom. The fourth-order valence-electron chi connectivity index (χ4n) is 5.96. The molecule has 3 aliphatic rings. The number of aromatic nitrogens is 3. The van der Waals surface area contributed by atoms with Crippen molar-refractivity contribution in [1.29, 1.82) is 10.5 Å². The third-order valence-electron chi connectivity index (χ3n) is 8.60. The summed E-state index contributed by atoms with van der Waals surface area (Å²) in [6.45, 7) is 5.84. The number of pyridine rings is 1. The number of nitrogens with one attached hydrogen (secondary N) is 1. The van der Waals surface area contributed by atoms with Crippen molar-refractivity contribution >= 4 is 11.9 Å². The van der Waals surface area contributed by atoms with E-state index in [-0.39, 0.29) is 24.0 Å². The molecule has 0 spiro atoms. The molecule has 3 aliphatic heterocycles. The quantitative estimate of drug-likeness (QED) is 0.434. The van der Waals surface area contributed by atoms with E-state index >= 15 is 0 Å². The first-order valence-corrected chi connectivity index (χ1v) is 15.1. The monoisotopic (exact) mass is 612 g/mol. The second kappa shape index (κ2) is 14.1. The molecule has 0 saturated carbocycles. The molecule has 6 rings (SSSR count). The number of halogens is 1. The summed E-state index contributed by atoms with van der Waals surface area (Å²) in [7, 11) is 1.69. The van der Waals surface area contributed by atoms with Gasteiger partial charge in [0.15, 0.2) is 12.4 Å². The normalized spacial score (nSPS) is 20.6. The second-order valence-electron chi connectivity index (χ2n) is 11.7. The lowest BCUT2D eigenvalue weighted by Gasteiger charge is -2.24. The molecule has 3 fully saturated rings. The molecular weight excluding hydrogens is 575 g/mol. The molecule has 45 heavy (non-hydrogen) atoms. The van der Waals surface area contributed by atoms with Gasteiger partial charge < -0.3 is 29.5 Å². The van der Waals surface area contributed by atoms with Crippen LogP contribution in [0.5, 0.6) is 0 Å². The average Bonchev–Trinajstić information content (AvgIpc) is 3.88. The van der Waals surface area contributed by atoms with Gasteiger partial charge in [-0.1, -0.05) is 6.07 Å². The summed E-state index contributed by atoms with van der Waals surface area (Å²) in [5.41, 5.74) is 2.50. The number of carbonyl (C=O) groups is 2. The number of hydrogen-bond acceptors (Lipinski definition) is 8. The maximum atomic E-state index is 14.4. The molecule has 3 atom stereocenters. The lowest BCUT2D eigenvalue weighted by Crippen LogP contribution is -2.44. The molecule has 5 heterocycles. The van der Waals surface area contributed by atoms with Gasteiger partial charge in [-0.3, -0.25) is 9.78 Å². The summed E-state index contributed by atoms with van der Waals surface area (Å²) in [5.74, 6) is -0.389. The van der Waals surface area contributed by atoms with Gasteiger partial charge in [-0.2, -0.15) is 10.5 Å². The highest BCUT2D eigenvalue weighted by atomic mass is 19.1. The first-order valence-electron chi connectivity index (χ1n) is 15.1. The maximum absolute atomic E-state index is 14.4. The molecular formula is C32H37FN10O2. The molecule has 0 bridgehead atoms. The molecule has 3 aromatic rings. The molecule has 1 N–H and O–H groups in total. The van der Waals surface area contributed by atoms with Crippen LogP contribution in [0.15, 0.2) is 55.1 Å². The zero-order valence-corrected chi connectivity index (χ0v) is 25.5. The van der Waals surface area contributed by atoms with E-state index < -0.39 is 5.82 Å². The summed E-state index contributed by atoms with van der Waals surface area (Å²) in [6.07, 6.45) is 11.8. The number of hydrogen-bond donors (Lipinski definition) is 1. The molecule has 234 valence electrons. The van der Waals surface area contributed by atoms with Crippen molar-refractivity contribution in [2.45, 2.75) is 44.2 Å². The number of likely N-dealkylation sites (N-methyl/N-ethyl adjacent to an activating group) is 1. The standard InChI is InChI=1S/C17H18FN5O.C15H19N5O/c1-12-8-23(11-20-12)16-4-3-13(7-15(16)18)17(24)21(2)14-5-6-22(9-14)10-19;16-11-19-7-5-13(10-19)18-15(21)20-8-4-12(9-20)14-3-1-2-6-17-14/h3-4,7-8,11,14H,5-6,9H2,1-2H3;1-3,6,12-13H,4-5,7-10H2,(H,18,21)/t14-;12?,13-/m11/s1. The van der Waals surface area contributed by atoms with E-state index in [1.54, 1.807) is 50.8 Å². The Balaban J connectivity index is 0.000000179. The van der Waals surface area contributed by atoms with Crippen molar-refractivity contribution in [1.82, 2.24) is 39.5 Å². The van der Waals surface area contributed by atoms with Gasteiger partial charge in [0.25, 0.3) is 5.91 Å². The summed E-state index contributed by atoms with van der Waals surface area (Å²) in [5, 5.41) is 20.8. The van der Waals surface area contributed by atoms with E-state index in [0.717, 1.165) is 50.3 Å². The molecule has 1 aromatic carbocycles. The molecule has 0 radical (unpaired) electrons. The van der Waals surface area contributed by atoms with E-state index in [1.807, 2.05) is 30.0 Å². The number of urea groups is 1. The van der Waals surface area contributed by atoms with Crippen LogP contribution in [-0.4, -0.2) is 104 Å². The fourth-order valence-corrected chi connectivity index (χ4v) is 5.96. The topological polar surface area (TPSA) is 137 Å². The second-order valence-corrected chi connectivity index (χ2v) is 11.7. The summed E-state index contributed by atoms with van der Waals surface area (Å²) in [4.78, 5) is 40.0. The minimum absolute atomic E-state index is 0.0155. The number of amides is 3. The average molecular weight is 613 g/mol. The minimum atomic E-state index is -0.475. The Morgan fingerprint density at radius 2 is 1.78 bits per heavy atom. The van der Waals surface area contributed by atoms with E-state index in [1.165, 1.54) is 12.4 Å². The number of rotatable bonds is 5. The van der Waals surface area contributed by atoms with Crippen molar-refractivity contribution in [2.75, 3.05) is 46.3 Å². The van der Waals surface area contributed by atoms with Gasteiger partial charge in [-0.15, -0.1) is 0 Å². The third kappa shape index (κ3) is 7.50. The Bertz CT molecular complexity index is 1580. The molecule has 2 aromatic heterocycles. The maximum Gasteiger partial charge on any atom is 0.317 e. The molecule has 3 saturated heterocycles. The van der Waals surface area contributed by atoms with Crippen LogP contribution in [0, 0.1) is 35.7 Å². The highest BCUT2D eigenvalue weighted by Gasteiger charge is 2.31. The largest absolute Gasteiger partial charge is 0.337 e. The first-order chi connectivity index (χ1) is 21.7. The lowest BCUT2D eigenvalue weighted by atomic mass is 10.0. The Kier molecular flexibility index (Phi) is 9.78. The molecule has 13 heteroatoms. The van der Waals surface area contributed by atoms with E-state index in [4.69, 9.17) is 10.5 Å². The van der Waals surface area contributed by atoms with Crippen LogP contribution < -0.4 is 5.32 Å². The highest BCUT2D eigenvalue weighted by molar-refractivity contribution is 5.94. The van der Waals surface area contributed by atoms with Crippen LogP contribution in [0.2, 0.25) is 0 Å². The number of likely N-dealkylation sites (tertiary alicyclic amines) is 3. The smallest absolute Gasteiger partial charge is 0.317 e. The summed E-state index contributed by atoms with van der Waals surface area (Å²) in [6, 6.07) is 10.4. The SMILES string of the molecule is Cc1cn(-c2ccc(C(=O)N(C)[C@@H]3CCN(C#N)C3)cc2F)cn1.N#CN1CC[C@@H](NC(=O)N2CCC(c3ccccn3)C2)C1. The Hall–Kier alpha value is -5.17. The van der Waals surface area contributed by atoms with Crippen molar-refractivity contribution in [3.63, 3.8) is 0 Å². The van der Waals surface area contributed by atoms with Crippen LogP contribution in [0.4, 0.5) is 9.18 Å². The van der Waals surface area contributed by atoms with E-state index in [0.29, 0.717) is 36.8 Å². The Morgan fingerprint density at radius 3 is 2.42 bits per heavy atom. The molecule has 12 nitrogen and oxygen atoms in total. The zero-order chi connectivity index (χ0) is 31.9. The summed E-state index contributed by atoms with van der Waals surface area (Å²) < 4.78 is 16.0. The Labute approximate surface area is 262 Å². The molecule has 3 amide bonds. The van der Waals surface area contributed by atoms with E-state index in [9.17, 15) is 14.0 Å². The highest BCUT2D eigenvalue weighted by Crippen LogP contribution is 2.26. The van der Waals surface area contributed by atoms with Gasteiger partial charge in [0, 0.05) is 75.9 Å². The van der Waals surface area contributed by atoms with Crippen molar-refractivity contribution in [3.8, 4) is 18.1 Å². The van der Waals surface area contributed by atoms with Crippen LogP contribution in [-0.2, 0) is 0 Å². The van der Waals surface area contributed by atoms with Gasteiger partial charge >= 0.3 is 6.03 Å².